The van der Waals surface area contributed by atoms with Crippen LogP contribution in [-0.4, -0.2) is 47.1 Å². The lowest BCUT2D eigenvalue weighted by atomic mass is 10.1. The summed E-state index contributed by atoms with van der Waals surface area (Å²) in [6.07, 6.45) is 1.52. The lowest BCUT2D eigenvalue weighted by molar-refractivity contribution is -0.0498. The van der Waals surface area contributed by atoms with Gasteiger partial charge in [-0.3, -0.25) is 0 Å². The molecule has 10 heteroatoms. The average molecular weight is 445 g/mol. The number of halogens is 3. The fourth-order valence-electron chi connectivity index (χ4n) is 3.65. The van der Waals surface area contributed by atoms with Crippen LogP contribution in [0.25, 0.3) is 11.1 Å². The van der Waals surface area contributed by atoms with Gasteiger partial charge in [0.25, 0.3) is 0 Å². The van der Waals surface area contributed by atoms with Gasteiger partial charge in [-0.25, -0.2) is 9.37 Å². The van der Waals surface area contributed by atoms with Crippen LogP contribution >= 0.6 is 0 Å². The van der Waals surface area contributed by atoms with Gasteiger partial charge in [0.2, 0.25) is 0 Å². The molecule has 1 aromatic carbocycles. The number of nitrogens with zero attached hydrogens (tertiary/aromatic N) is 4. The van der Waals surface area contributed by atoms with Crippen molar-refractivity contribution < 1.29 is 22.6 Å². The Morgan fingerprint density at radius 3 is 2.47 bits per heavy atom. The van der Waals surface area contributed by atoms with Gasteiger partial charge in [-0.15, -0.1) is 5.10 Å². The number of benzene rings is 1. The average Bonchev–Trinajstić information content (AvgIpc) is 2.76. The van der Waals surface area contributed by atoms with Crippen molar-refractivity contribution in [3.63, 3.8) is 0 Å². The summed E-state index contributed by atoms with van der Waals surface area (Å²) >= 11 is 0. The van der Waals surface area contributed by atoms with Crippen LogP contribution in [0.3, 0.4) is 0 Å². The largest absolute Gasteiger partial charge is 0.435 e. The van der Waals surface area contributed by atoms with E-state index in [1.54, 1.807) is 24.3 Å². The van der Waals surface area contributed by atoms with E-state index in [1.165, 1.54) is 24.4 Å². The van der Waals surface area contributed by atoms with Crippen molar-refractivity contribution in [3.05, 3.63) is 54.5 Å². The van der Waals surface area contributed by atoms with Crippen molar-refractivity contribution in [2.45, 2.75) is 32.5 Å². The molecule has 1 N–H and O–H groups in total. The van der Waals surface area contributed by atoms with Gasteiger partial charge in [0.15, 0.2) is 17.5 Å². The van der Waals surface area contributed by atoms with Crippen LogP contribution in [0.4, 0.5) is 30.6 Å². The van der Waals surface area contributed by atoms with Gasteiger partial charge < -0.3 is 19.7 Å². The van der Waals surface area contributed by atoms with Crippen LogP contribution in [0.15, 0.2) is 48.7 Å². The standard InChI is InChI=1S/C22H22F3N5O2/c1-13-11-31-12-14(2)30(13)20-8-7-18(23)21(28-20)27-19-9-16(10-26-29-19)15-3-5-17(6-4-15)32-22(24)25/h3-10,13-14,22H,11-12H2,1-2H3,(H,27,28,29). The molecule has 0 saturated carbocycles. The Morgan fingerprint density at radius 2 is 1.78 bits per heavy atom. The molecule has 168 valence electrons. The van der Waals surface area contributed by atoms with E-state index in [9.17, 15) is 13.2 Å². The van der Waals surface area contributed by atoms with Crippen LogP contribution in [0.2, 0.25) is 0 Å². The number of rotatable bonds is 6. The van der Waals surface area contributed by atoms with Crippen LogP contribution < -0.4 is 15.0 Å². The summed E-state index contributed by atoms with van der Waals surface area (Å²) in [7, 11) is 0. The minimum atomic E-state index is -2.89. The topological polar surface area (TPSA) is 72.4 Å². The van der Waals surface area contributed by atoms with Gasteiger partial charge in [-0.1, -0.05) is 12.1 Å². The fourth-order valence-corrected chi connectivity index (χ4v) is 3.65. The molecule has 2 atom stereocenters. The van der Waals surface area contributed by atoms with E-state index in [-0.39, 0.29) is 23.7 Å². The first kappa shape index (κ1) is 21.8. The van der Waals surface area contributed by atoms with E-state index in [4.69, 9.17) is 4.74 Å². The second-order valence-corrected chi connectivity index (χ2v) is 7.50. The zero-order valence-corrected chi connectivity index (χ0v) is 17.5. The van der Waals surface area contributed by atoms with Crippen molar-refractivity contribution in [2.75, 3.05) is 23.4 Å². The van der Waals surface area contributed by atoms with Crippen molar-refractivity contribution in [1.82, 2.24) is 15.2 Å². The number of hydrogen-bond donors (Lipinski definition) is 1. The third-order valence-corrected chi connectivity index (χ3v) is 5.08. The maximum Gasteiger partial charge on any atom is 0.387 e. The summed E-state index contributed by atoms with van der Waals surface area (Å²) in [6.45, 7) is 2.31. The van der Waals surface area contributed by atoms with E-state index >= 15 is 0 Å². The number of aromatic nitrogens is 3. The third-order valence-electron chi connectivity index (χ3n) is 5.08. The quantitative estimate of drug-likeness (QED) is 0.593. The number of morpholine rings is 1. The van der Waals surface area contributed by atoms with E-state index in [0.717, 1.165) is 0 Å². The first-order valence-corrected chi connectivity index (χ1v) is 10.1. The van der Waals surface area contributed by atoms with E-state index < -0.39 is 12.4 Å². The second kappa shape index (κ2) is 9.39. The minimum Gasteiger partial charge on any atom is -0.435 e. The summed E-state index contributed by atoms with van der Waals surface area (Å²) in [5.74, 6) is 0.486. The molecule has 0 radical (unpaired) electrons. The zero-order chi connectivity index (χ0) is 22.7. The van der Waals surface area contributed by atoms with E-state index in [2.05, 4.69) is 30.1 Å². The molecule has 0 aliphatic carbocycles. The smallest absolute Gasteiger partial charge is 0.387 e. The molecule has 2 aromatic heterocycles. The van der Waals surface area contributed by atoms with Crippen molar-refractivity contribution >= 4 is 17.5 Å². The van der Waals surface area contributed by atoms with Crippen LogP contribution in [0, 0.1) is 5.82 Å². The highest BCUT2D eigenvalue weighted by Gasteiger charge is 2.27. The van der Waals surface area contributed by atoms with Crippen LogP contribution in [-0.2, 0) is 4.74 Å². The fraction of sp³-hybridized carbons (Fsp3) is 0.318. The normalized spacial score (nSPS) is 18.6. The highest BCUT2D eigenvalue weighted by atomic mass is 19.3. The molecule has 0 amide bonds. The monoisotopic (exact) mass is 445 g/mol. The predicted octanol–water partition coefficient (Wildman–Crippen LogP) is 4.64. The number of anilines is 3. The highest BCUT2D eigenvalue weighted by molar-refractivity contribution is 5.68. The Hall–Kier alpha value is -3.40. The summed E-state index contributed by atoms with van der Waals surface area (Å²) in [5, 5.41) is 10.8. The summed E-state index contributed by atoms with van der Waals surface area (Å²) in [6, 6.07) is 11.0. The molecule has 1 saturated heterocycles. The summed E-state index contributed by atoms with van der Waals surface area (Å²) in [5.41, 5.74) is 1.38. The second-order valence-electron chi connectivity index (χ2n) is 7.50. The number of ether oxygens (including phenoxy) is 2. The first-order valence-electron chi connectivity index (χ1n) is 10.1. The van der Waals surface area contributed by atoms with Gasteiger partial charge in [0.05, 0.1) is 31.5 Å². The minimum absolute atomic E-state index is 0.0283. The summed E-state index contributed by atoms with van der Waals surface area (Å²) < 4.78 is 49.1. The number of alkyl halides is 2. The molecule has 1 fully saturated rings. The highest BCUT2D eigenvalue weighted by Crippen LogP contribution is 2.28. The maximum absolute atomic E-state index is 14.5. The van der Waals surface area contributed by atoms with E-state index in [1.807, 2.05) is 13.8 Å². The van der Waals surface area contributed by atoms with E-state index in [0.29, 0.717) is 36.0 Å². The molecular weight excluding hydrogens is 423 g/mol. The van der Waals surface area contributed by atoms with Gasteiger partial charge >= 0.3 is 6.61 Å². The van der Waals surface area contributed by atoms with Crippen molar-refractivity contribution in [1.29, 1.82) is 0 Å². The van der Waals surface area contributed by atoms with Crippen molar-refractivity contribution in [3.8, 4) is 16.9 Å². The number of hydrogen-bond acceptors (Lipinski definition) is 7. The Bertz CT molecular complexity index is 1060. The van der Waals surface area contributed by atoms with Crippen LogP contribution in [0.1, 0.15) is 13.8 Å². The van der Waals surface area contributed by atoms with Gasteiger partial charge in [0, 0.05) is 5.56 Å². The lowest BCUT2D eigenvalue weighted by Crippen LogP contribution is -2.50. The Labute approximate surface area is 183 Å². The van der Waals surface area contributed by atoms with Gasteiger partial charge in [0.1, 0.15) is 11.6 Å². The third kappa shape index (κ3) is 4.91. The molecule has 4 rings (SSSR count). The molecule has 0 spiro atoms. The Balaban J connectivity index is 1.56. The molecule has 32 heavy (non-hydrogen) atoms. The van der Waals surface area contributed by atoms with Crippen LogP contribution in [0.5, 0.6) is 5.75 Å². The maximum atomic E-state index is 14.5. The van der Waals surface area contributed by atoms with Gasteiger partial charge in [-0.05, 0) is 49.7 Å². The predicted molar refractivity (Wildman–Crippen MR) is 114 cm³/mol. The lowest BCUT2D eigenvalue weighted by Gasteiger charge is -2.39. The van der Waals surface area contributed by atoms with Crippen molar-refractivity contribution in [2.24, 2.45) is 0 Å². The Kier molecular flexibility index (Phi) is 6.40. The molecular formula is C22H22F3N5O2. The molecule has 7 nitrogen and oxygen atoms in total. The molecule has 1 aliphatic heterocycles. The Morgan fingerprint density at radius 1 is 1.06 bits per heavy atom. The van der Waals surface area contributed by atoms with Gasteiger partial charge in [-0.2, -0.15) is 13.9 Å². The zero-order valence-electron chi connectivity index (χ0n) is 17.5. The first-order chi connectivity index (χ1) is 15.4. The molecule has 3 heterocycles. The molecule has 3 aromatic rings. The molecule has 1 aliphatic rings. The summed E-state index contributed by atoms with van der Waals surface area (Å²) in [4.78, 5) is 6.56. The number of nitrogens with one attached hydrogen (secondary N) is 1. The molecule has 0 bridgehead atoms. The molecule has 2 unspecified atom stereocenters. The SMILES string of the molecule is CC1COCC(C)N1c1ccc(F)c(Nc2cc(-c3ccc(OC(F)F)cc3)cnn2)n1. The number of pyridine rings is 1.